The number of hydrogen-bond acceptors (Lipinski definition) is 7. The zero-order valence-corrected chi connectivity index (χ0v) is 21.9. The lowest BCUT2D eigenvalue weighted by Crippen LogP contribution is -2.44. The Morgan fingerprint density at radius 2 is 1.78 bits per heavy atom. The number of methoxy groups -OCH3 is 1. The van der Waals surface area contributed by atoms with Crippen molar-refractivity contribution >= 4 is 41.0 Å². The molecule has 8 nitrogen and oxygen atoms in total. The van der Waals surface area contributed by atoms with Crippen LogP contribution in [0, 0.1) is 0 Å². The minimum absolute atomic E-state index is 0. The molecule has 0 aliphatic carbocycles. The number of rotatable bonds is 8. The van der Waals surface area contributed by atoms with E-state index in [4.69, 9.17) is 14.5 Å². The van der Waals surface area contributed by atoms with Gasteiger partial charge in [-0.3, -0.25) is 19.1 Å². The Hall–Kier alpha value is -2.59. The molecule has 3 aromatic rings. The minimum Gasteiger partial charge on any atom is -0.497 e. The molecule has 10 heteroatoms. The highest BCUT2D eigenvalue weighted by Crippen LogP contribution is 2.28. The van der Waals surface area contributed by atoms with Crippen LogP contribution in [0.25, 0.3) is 16.6 Å². The van der Waals surface area contributed by atoms with Crippen LogP contribution >= 0.6 is 24.2 Å². The Balaban J connectivity index is 0.00000304. The lowest BCUT2D eigenvalue weighted by atomic mass is 10.2. The van der Waals surface area contributed by atoms with Crippen LogP contribution in [0.5, 0.6) is 5.75 Å². The van der Waals surface area contributed by atoms with Crippen LogP contribution in [-0.4, -0.2) is 83.6 Å². The van der Waals surface area contributed by atoms with E-state index >= 15 is 0 Å². The smallest absolute Gasteiger partial charge is 0.266 e. The molecule has 1 aromatic heterocycles. The largest absolute Gasteiger partial charge is 0.497 e. The fourth-order valence-electron chi connectivity index (χ4n) is 4.65. The normalized spacial score (nSPS) is 17.2. The first-order valence-electron chi connectivity index (χ1n) is 12.0. The number of benzene rings is 2. The van der Waals surface area contributed by atoms with Crippen molar-refractivity contribution in [3.8, 4) is 11.4 Å². The maximum absolute atomic E-state index is 13.7. The fourth-order valence-corrected chi connectivity index (χ4v) is 5.93. The molecule has 192 valence electrons. The van der Waals surface area contributed by atoms with Crippen molar-refractivity contribution in [2.75, 3.05) is 53.0 Å². The molecule has 1 atom stereocenters. The molecule has 0 N–H and O–H groups in total. The van der Waals surface area contributed by atoms with E-state index in [0.717, 1.165) is 44.0 Å². The number of para-hydroxylation sites is 1. The molecule has 2 aliphatic rings. The monoisotopic (exact) mass is 530 g/mol. The van der Waals surface area contributed by atoms with Crippen LogP contribution in [-0.2, 0) is 9.53 Å². The number of ether oxygens (including phenoxy) is 2. The summed E-state index contributed by atoms with van der Waals surface area (Å²) in [6.07, 6.45) is 1.51. The zero-order valence-electron chi connectivity index (χ0n) is 20.3. The van der Waals surface area contributed by atoms with Gasteiger partial charge >= 0.3 is 0 Å². The highest BCUT2D eigenvalue weighted by atomic mass is 35.5. The van der Waals surface area contributed by atoms with Crippen molar-refractivity contribution in [2.24, 2.45) is 0 Å². The predicted molar refractivity (Wildman–Crippen MR) is 144 cm³/mol. The second kappa shape index (κ2) is 12.1. The molecule has 0 saturated carbocycles. The van der Waals surface area contributed by atoms with Crippen molar-refractivity contribution < 1.29 is 14.3 Å². The summed E-state index contributed by atoms with van der Waals surface area (Å²) in [6, 6.07) is 14.9. The molecule has 2 fully saturated rings. The zero-order chi connectivity index (χ0) is 24.2. The van der Waals surface area contributed by atoms with Gasteiger partial charge in [0.25, 0.3) is 5.56 Å². The molecular formula is C26H31ClN4O4S. The third-order valence-corrected chi connectivity index (χ3v) is 7.62. The summed E-state index contributed by atoms with van der Waals surface area (Å²) in [5.41, 5.74) is 1.30. The lowest BCUT2D eigenvalue weighted by Gasteiger charge is -2.32. The third kappa shape index (κ3) is 5.86. The number of thioether (sulfide) groups is 1. The molecule has 0 bridgehead atoms. The van der Waals surface area contributed by atoms with Crippen LogP contribution in [0.4, 0.5) is 0 Å². The summed E-state index contributed by atoms with van der Waals surface area (Å²) in [5, 5.41) is 1.27. The van der Waals surface area contributed by atoms with Gasteiger partial charge in [0.05, 0.1) is 36.9 Å². The van der Waals surface area contributed by atoms with E-state index in [0.29, 0.717) is 42.2 Å². The van der Waals surface area contributed by atoms with Crippen molar-refractivity contribution in [3.63, 3.8) is 0 Å². The molecule has 2 aliphatic heterocycles. The number of halogens is 1. The molecule has 2 aromatic carbocycles. The summed E-state index contributed by atoms with van der Waals surface area (Å²) in [7, 11) is 1.62. The van der Waals surface area contributed by atoms with Gasteiger partial charge < -0.3 is 14.4 Å². The van der Waals surface area contributed by atoms with Gasteiger partial charge in [0.15, 0.2) is 5.16 Å². The Morgan fingerprint density at radius 3 is 2.47 bits per heavy atom. The highest BCUT2D eigenvalue weighted by molar-refractivity contribution is 7.99. The first-order valence-corrected chi connectivity index (χ1v) is 12.9. The van der Waals surface area contributed by atoms with E-state index in [-0.39, 0.29) is 29.1 Å². The van der Waals surface area contributed by atoms with Gasteiger partial charge in [-0.1, -0.05) is 23.9 Å². The Kier molecular flexibility index (Phi) is 8.90. The summed E-state index contributed by atoms with van der Waals surface area (Å²) >= 11 is 1.58. The number of morpholine rings is 1. The average molecular weight is 531 g/mol. The number of hydrogen-bond donors (Lipinski definition) is 0. The summed E-state index contributed by atoms with van der Waals surface area (Å²) in [5.74, 6) is 0.930. The van der Waals surface area contributed by atoms with E-state index < -0.39 is 0 Å². The van der Waals surface area contributed by atoms with Crippen LogP contribution in [0.2, 0.25) is 0 Å². The van der Waals surface area contributed by atoms with E-state index in [1.807, 2.05) is 53.4 Å². The average Bonchev–Trinajstić information content (AvgIpc) is 3.29. The van der Waals surface area contributed by atoms with Gasteiger partial charge in [-0.15, -0.1) is 12.4 Å². The van der Waals surface area contributed by atoms with E-state index in [2.05, 4.69) is 4.90 Å². The van der Waals surface area contributed by atoms with Crippen molar-refractivity contribution in [2.45, 2.75) is 23.2 Å². The Labute approximate surface area is 221 Å². The molecular weight excluding hydrogens is 500 g/mol. The molecule has 1 amide bonds. The Bertz CT molecular complexity index is 1250. The van der Waals surface area contributed by atoms with Gasteiger partial charge in [-0.2, -0.15) is 0 Å². The van der Waals surface area contributed by atoms with Crippen molar-refractivity contribution in [1.29, 1.82) is 0 Å². The lowest BCUT2D eigenvalue weighted by molar-refractivity contribution is -0.127. The highest BCUT2D eigenvalue weighted by Gasteiger charge is 2.27. The molecule has 1 unspecified atom stereocenters. The first kappa shape index (κ1) is 26.5. The predicted octanol–water partition coefficient (Wildman–Crippen LogP) is 3.23. The number of aromatic nitrogens is 2. The summed E-state index contributed by atoms with van der Waals surface area (Å²) in [6.45, 7) is 5.36. The number of carbonyl (C=O) groups is 1. The number of nitrogens with zero attached hydrogens (tertiary/aromatic N) is 4. The second-order valence-electron chi connectivity index (χ2n) is 8.85. The molecule has 0 radical (unpaired) electrons. The molecule has 5 rings (SSSR count). The topological polar surface area (TPSA) is 76.9 Å². The quantitative estimate of drug-likeness (QED) is 0.327. The summed E-state index contributed by atoms with van der Waals surface area (Å²) in [4.78, 5) is 35.3. The van der Waals surface area contributed by atoms with Gasteiger partial charge in [-0.05, 0) is 42.8 Å². The molecule has 3 heterocycles. The van der Waals surface area contributed by atoms with E-state index in [1.165, 1.54) is 0 Å². The number of carbonyl (C=O) groups excluding carboxylic acids is 1. The van der Waals surface area contributed by atoms with E-state index in [1.54, 1.807) is 23.4 Å². The van der Waals surface area contributed by atoms with Gasteiger partial charge in [0.1, 0.15) is 5.75 Å². The fraction of sp³-hybridized carbons (Fsp3) is 0.423. The maximum Gasteiger partial charge on any atom is 0.266 e. The van der Waals surface area contributed by atoms with Gasteiger partial charge in [0, 0.05) is 44.4 Å². The summed E-state index contributed by atoms with van der Waals surface area (Å²) < 4.78 is 12.5. The first-order chi connectivity index (χ1) is 17.1. The number of amides is 1. The van der Waals surface area contributed by atoms with Gasteiger partial charge in [-0.25, -0.2) is 4.98 Å². The molecule has 0 spiro atoms. The standard InChI is InChI=1S/C26H30N4O4S.ClH/c1-33-20-10-8-19(9-11-20)30-25(32)22-5-2-3-6-23(22)27-26(30)35-21(17-28-13-15-34-16-14-28)18-29-12-4-7-24(29)31;/h2-3,5-6,8-11,21H,4,7,12-18H2,1H3;1H. The number of likely N-dealkylation sites (tertiary alicyclic amines) is 1. The van der Waals surface area contributed by atoms with Crippen LogP contribution in [0.15, 0.2) is 58.5 Å². The second-order valence-corrected chi connectivity index (χ2v) is 10.1. The maximum atomic E-state index is 13.7. The van der Waals surface area contributed by atoms with Crippen LogP contribution in [0.1, 0.15) is 12.8 Å². The van der Waals surface area contributed by atoms with E-state index in [9.17, 15) is 9.59 Å². The van der Waals surface area contributed by atoms with Crippen molar-refractivity contribution in [1.82, 2.24) is 19.4 Å². The van der Waals surface area contributed by atoms with Crippen LogP contribution < -0.4 is 10.3 Å². The third-order valence-electron chi connectivity index (χ3n) is 6.51. The SMILES string of the molecule is COc1ccc(-n2c(SC(CN3CCOCC3)CN3CCCC3=O)nc3ccccc3c2=O)cc1.Cl. The van der Waals surface area contributed by atoms with Gasteiger partial charge in [0.2, 0.25) is 5.91 Å². The molecule has 2 saturated heterocycles. The van der Waals surface area contributed by atoms with Crippen LogP contribution in [0.3, 0.4) is 0 Å². The molecule has 36 heavy (non-hydrogen) atoms. The Morgan fingerprint density at radius 1 is 1.03 bits per heavy atom. The van der Waals surface area contributed by atoms with Crippen molar-refractivity contribution in [3.05, 3.63) is 58.9 Å². The number of fused-ring (bicyclic) bond motifs is 1. The minimum atomic E-state index is -0.106.